The Morgan fingerprint density at radius 3 is 2.56 bits per heavy atom. The topological polar surface area (TPSA) is 53.1 Å². The lowest BCUT2D eigenvalue weighted by molar-refractivity contribution is -0.0403. The molecule has 4 nitrogen and oxygen atoms in total. The number of aromatic nitrogens is 2. The standard InChI is InChI=1S/C14H27N3O/c1-5-13(6-2)17-9-8-12(16-17)10-18-14(4,7-3)11-15/h8-9,13H,5-7,10-11,15H2,1-4H3. The molecule has 1 atom stereocenters. The average molecular weight is 253 g/mol. The van der Waals surface area contributed by atoms with Crippen molar-refractivity contribution in [1.29, 1.82) is 0 Å². The van der Waals surface area contributed by atoms with Crippen molar-refractivity contribution in [3.8, 4) is 0 Å². The van der Waals surface area contributed by atoms with Gasteiger partial charge in [0.2, 0.25) is 0 Å². The van der Waals surface area contributed by atoms with Crippen molar-refractivity contribution in [2.24, 2.45) is 5.73 Å². The van der Waals surface area contributed by atoms with Gasteiger partial charge in [-0.2, -0.15) is 5.10 Å². The quantitative estimate of drug-likeness (QED) is 0.775. The summed E-state index contributed by atoms with van der Waals surface area (Å²) >= 11 is 0. The Hall–Kier alpha value is -0.870. The monoisotopic (exact) mass is 253 g/mol. The molecule has 0 bridgehead atoms. The third-order valence-corrected chi connectivity index (χ3v) is 3.73. The Bertz CT molecular complexity index is 341. The predicted molar refractivity (Wildman–Crippen MR) is 74.4 cm³/mol. The van der Waals surface area contributed by atoms with E-state index in [0.717, 1.165) is 25.0 Å². The van der Waals surface area contributed by atoms with E-state index in [9.17, 15) is 0 Å². The number of rotatable bonds is 8. The second kappa shape index (κ2) is 6.90. The van der Waals surface area contributed by atoms with E-state index in [0.29, 0.717) is 19.2 Å². The highest BCUT2D eigenvalue weighted by molar-refractivity contribution is 4.98. The lowest BCUT2D eigenvalue weighted by Gasteiger charge is -2.26. The smallest absolute Gasteiger partial charge is 0.0914 e. The van der Waals surface area contributed by atoms with Gasteiger partial charge in [-0.25, -0.2) is 0 Å². The Labute approximate surface area is 111 Å². The summed E-state index contributed by atoms with van der Waals surface area (Å²) in [7, 11) is 0. The molecule has 0 aromatic carbocycles. The van der Waals surface area contributed by atoms with E-state index in [1.165, 1.54) is 0 Å². The van der Waals surface area contributed by atoms with Gasteiger partial charge in [0.15, 0.2) is 0 Å². The number of hydrogen-bond donors (Lipinski definition) is 1. The molecule has 1 heterocycles. The molecule has 0 radical (unpaired) electrons. The highest BCUT2D eigenvalue weighted by Gasteiger charge is 2.21. The zero-order valence-corrected chi connectivity index (χ0v) is 12.1. The van der Waals surface area contributed by atoms with Crippen molar-refractivity contribution < 1.29 is 4.74 Å². The van der Waals surface area contributed by atoms with Crippen LogP contribution in [-0.4, -0.2) is 21.9 Å². The molecule has 0 saturated carbocycles. The molecule has 1 aromatic rings. The van der Waals surface area contributed by atoms with Crippen LogP contribution in [0.15, 0.2) is 12.3 Å². The van der Waals surface area contributed by atoms with Gasteiger partial charge in [-0.05, 0) is 32.3 Å². The average Bonchev–Trinajstić information content (AvgIpc) is 2.86. The van der Waals surface area contributed by atoms with Crippen LogP contribution in [0.3, 0.4) is 0 Å². The maximum atomic E-state index is 5.87. The van der Waals surface area contributed by atoms with Crippen LogP contribution in [0.4, 0.5) is 0 Å². The summed E-state index contributed by atoms with van der Waals surface area (Å²) in [5.41, 5.74) is 6.47. The maximum absolute atomic E-state index is 5.87. The van der Waals surface area contributed by atoms with Gasteiger partial charge in [-0.15, -0.1) is 0 Å². The minimum absolute atomic E-state index is 0.237. The lowest BCUT2D eigenvalue weighted by atomic mass is 10.0. The minimum Gasteiger partial charge on any atom is -0.368 e. The molecule has 0 saturated heterocycles. The third-order valence-electron chi connectivity index (χ3n) is 3.73. The van der Waals surface area contributed by atoms with Crippen LogP contribution < -0.4 is 5.73 Å². The first kappa shape index (κ1) is 15.2. The summed E-state index contributed by atoms with van der Waals surface area (Å²) in [6.07, 6.45) is 5.17. The maximum Gasteiger partial charge on any atom is 0.0914 e. The minimum atomic E-state index is -0.237. The summed E-state index contributed by atoms with van der Waals surface area (Å²) < 4.78 is 7.92. The first-order chi connectivity index (χ1) is 8.58. The lowest BCUT2D eigenvalue weighted by Crippen LogP contribution is -2.36. The summed E-state index contributed by atoms with van der Waals surface area (Å²) in [5.74, 6) is 0. The molecule has 1 aromatic heterocycles. The molecule has 0 aliphatic rings. The normalized spacial score (nSPS) is 15.0. The SMILES string of the molecule is CCC(CC)n1ccc(COC(C)(CC)CN)n1. The second-order valence-corrected chi connectivity index (χ2v) is 5.05. The van der Waals surface area contributed by atoms with Gasteiger partial charge in [0, 0.05) is 12.7 Å². The summed E-state index contributed by atoms with van der Waals surface area (Å²) in [6.45, 7) is 9.59. The molecule has 18 heavy (non-hydrogen) atoms. The highest BCUT2D eigenvalue weighted by Crippen LogP contribution is 2.18. The van der Waals surface area contributed by atoms with E-state index in [-0.39, 0.29) is 5.60 Å². The van der Waals surface area contributed by atoms with Gasteiger partial charge in [-0.3, -0.25) is 4.68 Å². The van der Waals surface area contributed by atoms with Crippen molar-refractivity contribution in [1.82, 2.24) is 9.78 Å². The van der Waals surface area contributed by atoms with Crippen molar-refractivity contribution in [3.63, 3.8) is 0 Å². The molecular weight excluding hydrogens is 226 g/mol. The second-order valence-electron chi connectivity index (χ2n) is 5.05. The first-order valence-corrected chi connectivity index (χ1v) is 6.96. The van der Waals surface area contributed by atoms with E-state index in [2.05, 4.69) is 25.9 Å². The molecule has 4 heteroatoms. The van der Waals surface area contributed by atoms with E-state index in [1.807, 2.05) is 23.9 Å². The molecule has 1 rings (SSSR count). The van der Waals surface area contributed by atoms with Crippen molar-refractivity contribution in [2.45, 2.75) is 65.2 Å². The van der Waals surface area contributed by atoms with Gasteiger partial charge in [0.25, 0.3) is 0 Å². The van der Waals surface area contributed by atoms with Crippen LogP contribution >= 0.6 is 0 Å². The van der Waals surface area contributed by atoms with Crippen LogP contribution in [0.2, 0.25) is 0 Å². The van der Waals surface area contributed by atoms with Gasteiger partial charge in [0.1, 0.15) is 0 Å². The third kappa shape index (κ3) is 3.82. The molecule has 0 aliphatic carbocycles. The van der Waals surface area contributed by atoms with E-state index < -0.39 is 0 Å². The Morgan fingerprint density at radius 1 is 1.39 bits per heavy atom. The fourth-order valence-corrected chi connectivity index (χ4v) is 1.87. The number of nitrogens with two attached hydrogens (primary N) is 1. The Balaban J connectivity index is 2.59. The fraction of sp³-hybridized carbons (Fsp3) is 0.786. The van der Waals surface area contributed by atoms with Gasteiger partial charge < -0.3 is 10.5 Å². The molecular formula is C14H27N3O. The van der Waals surface area contributed by atoms with Crippen LogP contribution in [0.1, 0.15) is 58.7 Å². The molecule has 1 unspecified atom stereocenters. The summed E-state index contributed by atoms with van der Waals surface area (Å²) in [6, 6.07) is 2.52. The first-order valence-electron chi connectivity index (χ1n) is 6.96. The van der Waals surface area contributed by atoms with Crippen molar-refractivity contribution in [3.05, 3.63) is 18.0 Å². The summed E-state index contributed by atoms with van der Waals surface area (Å²) in [4.78, 5) is 0. The van der Waals surface area contributed by atoms with Crippen molar-refractivity contribution >= 4 is 0 Å². The van der Waals surface area contributed by atoms with Crippen molar-refractivity contribution in [2.75, 3.05) is 6.54 Å². The zero-order chi connectivity index (χ0) is 13.6. The molecule has 0 amide bonds. The number of nitrogens with zero attached hydrogens (tertiary/aromatic N) is 2. The van der Waals surface area contributed by atoms with Crippen LogP contribution in [-0.2, 0) is 11.3 Å². The molecule has 0 fully saturated rings. The molecule has 0 spiro atoms. The fourth-order valence-electron chi connectivity index (χ4n) is 1.87. The van der Waals surface area contributed by atoms with Crippen LogP contribution in [0, 0.1) is 0 Å². The van der Waals surface area contributed by atoms with Crippen LogP contribution in [0.5, 0.6) is 0 Å². The molecule has 2 N–H and O–H groups in total. The van der Waals surface area contributed by atoms with Gasteiger partial charge in [0.05, 0.1) is 23.9 Å². The predicted octanol–water partition coefficient (Wildman–Crippen LogP) is 2.89. The molecule has 0 aliphatic heterocycles. The largest absolute Gasteiger partial charge is 0.368 e. The number of ether oxygens (including phenoxy) is 1. The van der Waals surface area contributed by atoms with E-state index in [1.54, 1.807) is 0 Å². The highest BCUT2D eigenvalue weighted by atomic mass is 16.5. The molecule has 104 valence electrons. The van der Waals surface area contributed by atoms with Crippen LogP contribution in [0.25, 0.3) is 0 Å². The van der Waals surface area contributed by atoms with E-state index >= 15 is 0 Å². The Morgan fingerprint density at radius 2 is 2.06 bits per heavy atom. The summed E-state index contributed by atoms with van der Waals surface area (Å²) in [5, 5.41) is 4.57. The Kier molecular flexibility index (Phi) is 5.82. The van der Waals surface area contributed by atoms with Gasteiger partial charge >= 0.3 is 0 Å². The zero-order valence-electron chi connectivity index (χ0n) is 12.1. The number of hydrogen-bond acceptors (Lipinski definition) is 3. The van der Waals surface area contributed by atoms with Gasteiger partial charge in [-0.1, -0.05) is 20.8 Å². The van der Waals surface area contributed by atoms with E-state index in [4.69, 9.17) is 10.5 Å².